The smallest absolute Gasteiger partial charge is 0.363 e. The molecule has 0 spiro atoms. The highest BCUT2D eigenvalue weighted by Crippen LogP contribution is 2.26. The van der Waals surface area contributed by atoms with E-state index in [-0.39, 0.29) is 22.2 Å². The van der Waals surface area contributed by atoms with E-state index in [0.29, 0.717) is 5.92 Å². The van der Waals surface area contributed by atoms with Gasteiger partial charge < -0.3 is 4.74 Å². The van der Waals surface area contributed by atoms with Crippen LogP contribution in [0.1, 0.15) is 36.5 Å². The highest BCUT2D eigenvalue weighted by Gasteiger charge is 2.26. The van der Waals surface area contributed by atoms with Crippen molar-refractivity contribution in [3.05, 3.63) is 75.4 Å². The summed E-state index contributed by atoms with van der Waals surface area (Å²) in [5.41, 5.74) is 2.03. The second-order valence-electron chi connectivity index (χ2n) is 5.90. The maximum absolute atomic E-state index is 13.4. The largest absolute Gasteiger partial charge is 0.402 e. The second-order valence-corrected chi connectivity index (χ2v) is 6.31. The van der Waals surface area contributed by atoms with Gasteiger partial charge in [0.25, 0.3) is 0 Å². The lowest BCUT2D eigenvalue weighted by atomic mass is 10.0. The maximum Gasteiger partial charge on any atom is 0.363 e. The summed E-state index contributed by atoms with van der Waals surface area (Å²) in [5, 5.41) is -0.0898. The number of halogens is 3. The van der Waals surface area contributed by atoms with Crippen molar-refractivity contribution in [2.75, 3.05) is 0 Å². The molecular weight excluding hydrogens is 348 g/mol. The molecule has 25 heavy (non-hydrogen) atoms. The SMILES string of the molecule is CC(C)c1ccc(/C=C2\N=C(c3cc(F)c(F)cc3Cl)OC2=O)cc1. The van der Waals surface area contributed by atoms with Crippen LogP contribution in [0.25, 0.3) is 6.08 Å². The third-order valence-electron chi connectivity index (χ3n) is 3.77. The van der Waals surface area contributed by atoms with Crippen LogP contribution in [0, 0.1) is 11.6 Å². The zero-order valence-electron chi connectivity index (χ0n) is 13.5. The lowest BCUT2D eigenvalue weighted by Gasteiger charge is -2.04. The van der Waals surface area contributed by atoms with Crippen molar-refractivity contribution >= 4 is 29.5 Å². The first-order chi connectivity index (χ1) is 11.8. The summed E-state index contributed by atoms with van der Waals surface area (Å²) in [6.07, 6.45) is 1.56. The van der Waals surface area contributed by atoms with Gasteiger partial charge in [-0.05, 0) is 35.3 Å². The van der Waals surface area contributed by atoms with Gasteiger partial charge in [-0.15, -0.1) is 0 Å². The first-order valence-electron chi connectivity index (χ1n) is 7.62. The predicted molar refractivity (Wildman–Crippen MR) is 92.5 cm³/mol. The molecule has 2 aromatic carbocycles. The summed E-state index contributed by atoms with van der Waals surface area (Å²) in [4.78, 5) is 16.0. The van der Waals surface area contributed by atoms with Gasteiger partial charge in [0.05, 0.1) is 10.6 Å². The summed E-state index contributed by atoms with van der Waals surface area (Å²) >= 11 is 5.89. The molecule has 0 atom stereocenters. The van der Waals surface area contributed by atoms with E-state index < -0.39 is 17.6 Å². The van der Waals surface area contributed by atoms with Gasteiger partial charge in [0, 0.05) is 0 Å². The molecule has 6 heteroatoms. The number of ether oxygens (including phenoxy) is 1. The molecule has 3 rings (SSSR count). The summed E-state index contributed by atoms with van der Waals surface area (Å²) in [6.45, 7) is 4.17. The molecule has 1 aliphatic rings. The molecule has 3 nitrogen and oxygen atoms in total. The first kappa shape index (κ1) is 17.3. The van der Waals surface area contributed by atoms with Crippen molar-refractivity contribution in [1.82, 2.24) is 0 Å². The van der Waals surface area contributed by atoms with Crippen LogP contribution in [-0.2, 0) is 9.53 Å². The van der Waals surface area contributed by atoms with Gasteiger partial charge in [0.2, 0.25) is 5.90 Å². The molecule has 0 unspecified atom stereocenters. The van der Waals surface area contributed by atoms with E-state index in [1.54, 1.807) is 6.08 Å². The summed E-state index contributed by atoms with van der Waals surface area (Å²) in [6, 6.07) is 9.34. The number of carbonyl (C=O) groups is 1. The zero-order valence-corrected chi connectivity index (χ0v) is 14.3. The molecular formula is C19H14ClF2NO2. The van der Waals surface area contributed by atoms with Crippen molar-refractivity contribution in [2.24, 2.45) is 4.99 Å². The van der Waals surface area contributed by atoms with E-state index >= 15 is 0 Å². The second kappa shape index (κ2) is 6.76. The van der Waals surface area contributed by atoms with Gasteiger partial charge in [0.1, 0.15) is 0 Å². The Morgan fingerprint density at radius 1 is 1.12 bits per heavy atom. The predicted octanol–water partition coefficient (Wildman–Crippen LogP) is 5.09. The van der Waals surface area contributed by atoms with Crippen LogP contribution in [-0.4, -0.2) is 11.9 Å². The van der Waals surface area contributed by atoms with Crippen molar-refractivity contribution in [2.45, 2.75) is 19.8 Å². The van der Waals surface area contributed by atoms with Crippen molar-refractivity contribution in [3.8, 4) is 0 Å². The summed E-state index contributed by atoms with van der Waals surface area (Å²) in [7, 11) is 0. The van der Waals surface area contributed by atoms with Crippen molar-refractivity contribution in [3.63, 3.8) is 0 Å². The molecule has 128 valence electrons. The number of rotatable bonds is 3. The fourth-order valence-electron chi connectivity index (χ4n) is 2.35. The van der Waals surface area contributed by atoms with E-state index in [9.17, 15) is 13.6 Å². The van der Waals surface area contributed by atoms with Crippen molar-refractivity contribution in [1.29, 1.82) is 0 Å². The molecule has 1 heterocycles. The van der Waals surface area contributed by atoms with Gasteiger partial charge in [-0.25, -0.2) is 18.6 Å². The number of esters is 1. The van der Waals surface area contributed by atoms with Gasteiger partial charge in [-0.1, -0.05) is 49.7 Å². The molecule has 1 aliphatic heterocycles. The Morgan fingerprint density at radius 3 is 2.40 bits per heavy atom. The Hall–Kier alpha value is -2.53. The van der Waals surface area contributed by atoms with Gasteiger partial charge in [-0.3, -0.25) is 0 Å². The highest BCUT2D eigenvalue weighted by molar-refractivity contribution is 6.34. The van der Waals surface area contributed by atoms with Crippen LogP contribution in [0.2, 0.25) is 5.02 Å². The third kappa shape index (κ3) is 3.61. The number of benzene rings is 2. The molecule has 0 saturated heterocycles. The number of aliphatic imine (C=N–C) groups is 1. The number of nitrogens with zero attached hydrogens (tertiary/aromatic N) is 1. The van der Waals surface area contributed by atoms with E-state index in [2.05, 4.69) is 18.8 Å². The van der Waals surface area contributed by atoms with E-state index in [0.717, 1.165) is 17.7 Å². The number of hydrogen-bond donors (Lipinski definition) is 0. The maximum atomic E-state index is 13.4. The lowest BCUT2D eigenvalue weighted by molar-refractivity contribution is -0.129. The van der Waals surface area contributed by atoms with Crippen LogP contribution in [0.15, 0.2) is 47.1 Å². The first-order valence-corrected chi connectivity index (χ1v) is 8.00. The average molecular weight is 362 g/mol. The number of cyclic esters (lactones) is 1. The Labute approximate surface area is 148 Å². The fourth-order valence-corrected chi connectivity index (χ4v) is 2.58. The van der Waals surface area contributed by atoms with E-state index in [1.165, 1.54) is 5.56 Å². The molecule has 0 radical (unpaired) electrons. The zero-order chi connectivity index (χ0) is 18.1. The standard InChI is InChI=1S/C19H14ClF2NO2/c1-10(2)12-5-3-11(4-6-12)7-17-19(24)25-18(23-17)13-8-15(21)16(22)9-14(13)20/h3-10H,1-2H3/b17-7-. The summed E-state index contributed by atoms with van der Waals surface area (Å²) in [5.74, 6) is -2.61. The van der Waals surface area contributed by atoms with Crippen molar-refractivity contribution < 1.29 is 18.3 Å². The Balaban J connectivity index is 1.93. The van der Waals surface area contributed by atoms with Gasteiger partial charge >= 0.3 is 5.97 Å². The minimum absolute atomic E-state index is 0.0208. The van der Waals surface area contributed by atoms with E-state index in [1.807, 2.05) is 24.3 Å². The fraction of sp³-hybridized carbons (Fsp3) is 0.158. The Kier molecular flexibility index (Phi) is 4.68. The molecule has 0 saturated carbocycles. The van der Waals surface area contributed by atoms with E-state index in [4.69, 9.17) is 16.3 Å². The third-order valence-corrected chi connectivity index (χ3v) is 4.08. The summed E-state index contributed by atoms with van der Waals surface area (Å²) < 4.78 is 31.6. The number of carbonyl (C=O) groups excluding carboxylic acids is 1. The van der Waals surface area contributed by atoms with Gasteiger partial charge in [0.15, 0.2) is 17.3 Å². The minimum atomic E-state index is -1.10. The van der Waals surface area contributed by atoms with Crippen LogP contribution in [0.4, 0.5) is 8.78 Å². The molecule has 0 amide bonds. The molecule has 0 N–H and O–H groups in total. The van der Waals surface area contributed by atoms with Crippen LogP contribution in [0.5, 0.6) is 0 Å². The molecule has 0 aliphatic carbocycles. The van der Waals surface area contributed by atoms with Crippen LogP contribution >= 0.6 is 11.6 Å². The monoisotopic (exact) mass is 361 g/mol. The molecule has 0 fully saturated rings. The minimum Gasteiger partial charge on any atom is -0.402 e. The van der Waals surface area contributed by atoms with Crippen LogP contribution in [0.3, 0.4) is 0 Å². The Morgan fingerprint density at radius 2 is 1.76 bits per heavy atom. The molecule has 0 bridgehead atoms. The van der Waals surface area contributed by atoms with Crippen LogP contribution < -0.4 is 0 Å². The molecule has 2 aromatic rings. The van der Waals surface area contributed by atoms with Gasteiger partial charge in [-0.2, -0.15) is 0 Å². The highest BCUT2D eigenvalue weighted by atomic mass is 35.5. The lowest BCUT2D eigenvalue weighted by Crippen LogP contribution is -2.07. The number of hydrogen-bond acceptors (Lipinski definition) is 3. The quantitative estimate of drug-likeness (QED) is 0.434. The molecule has 0 aromatic heterocycles. The normalized spacial score (nSPS) is 15.7. The topological polar surface area (TPSA) is 38.7 Å². The average Bonchev–Trinajstić information content (AvgIpc) is 2.92. The Bertz CT molecular complexity index is 902.